The first-order valence-electron chi connectivity index (χ1n) is 5.39. The highest BCUT2D eigenvalue weighted by Crippen LogP contribution is 2.19. The number of aromatic nitrogens is 1. The molecule has 88 valence electrons. The Morgan fingerprint density at radius 1 is 1.50 bits per heavy atom. The van der Waals surface area contributed by atoms with Crippen molar-refractivity contribution >= 4 is 17.6 Å². The van der Waals surface area contributed by atoms with E-state index >= 15 is 0 Å². The highest BCUT2D eigenvalue weighted by atomic mass is 35.5. The molecule has 4 heteroatoms. The molecule has 0 aromatic carbocycles. The molecule has 0 bridgehead atoms. The normalized spacial score (nSPS) is 10.6. The number of rotatable bonds is 4. The summed E-state index contributed by atoms with van der Waals surface area (Å²) in [5.74, 6) is -0.190. The number of halogens is 1. The van der Waals surface area contributed by atoms with Gasteiger partial charge >= 0.3 is 5.97 Å². The quantitative estimate of drug-likeness (QED) is 0.759. The maximum absolute atomic E-state index is 11.6. The number of carbonyl (C=O) groups is 1. The van der Waals surface area contributed by atoms with E-state index in [9.17, 15) is 4.79 Å². The summed E-state index contributed by atoms with van der Waals surface area (Å²) in [6.07, 6.45) is 0.785. The monoisotopic (exact) mass is 241 g/mol. The van der Waals surface area contributed by atoms with Crippen LogP contribution in [0.5, 0.6) is 0 Å². The van der Waals surface area contributed by atoms with E-state index in [0.29, 0.717) is 11.6 Å². The average Bonchev–Trinajstić information content (AvgIpc) is 2.26. The first-order valence-corrected chi connectivity index (χ1v) is 5.77. The van der Waals surface area contributed by atoms with E-state index in [1.807, 2.05) is 26.8 Å². The highest BCUT2D eigenvalue weighted by Gasteiger charge is 2.15. The molecule has 0 aliphatic heterocycles. The van der Waals surface area contributed by atoms with E-state index in [4.69, 9.17) is 16.3 Å². The second-order valence-electron chi connectivity index (χ2n) is 3.86. The van der Waals surface area contributed by atoms with Crippen LogP contribution in [0.25, 0.3) is 0 Å². The molecule has 0 unspecified atom stereocenters. The Morgan fingerprint density at radius 3 is 2.75 bits per heavy atom. The lowest BCUT2D eigenvalue weighted by Crippen LogP contribution is -2.10. The van der Waals surface area contributed by atoms with Crippen molar-refractivity contribution in [3.8, 4) is 0 Å². The third-order valence-corrected chi connectivity index (χ3v) is 2.39. The van der Waals surface area contributed by atoms with Gasteiger partial charge in [-0.05, 0) is 24.5 Å². The minimum absolute atomic E-state index is 0.210. The lowest BCUT2D eigenvalue weighted by molar-refractivity contribution is 0.0498. The van der Waals surface area contributed by atoms with Gasteiger partial charge in [0.25, 0.3) is 0 Å². The summed E-state index contributed by atoms with van der Waals surface area (Å²) in [5, 5.41) is 0.338. The van der Waals surface area contributed by atoms with Gasteiger partial charge in [-0.3, -0.25) is 0 Å². The average molecular weight is 242 g/mol. The number of hydrogen-bond acceptors (Lipinski definition) is 3. The third-order valence-electron chi connectivity index (χ3n) is 2.09. The summed E-state index contributed by atoms with van der Waals surface area (Å²) in [6.45, 7) is 6.35. The van der Waals surface area contributed by atoms with Crippen LogP contribution < -0.4 is 0 Å². The molecule has 1 heterocycles. The molecule has 0 spiro atoms. The molecule has 0 radical (unpaired) electrons. The number of ether oxygens (including phenoxy) is 1. The van der Waals surface area contributed by atoms with Crippen molar-refractivity contribution in [3.63, 3.8) is 0 Å². The van der Waals surface area contributed by atoms with Gasteiger partial charge in [-0.1, -0.05) is 32.4 Å². The van der Waals surface area contributed by atoms with Gasteiger partial charge in [0.2, 0.25) is 0 Å². The Kier molecular flexibility index (Phi) is 4.74. The van der Waals surface area contributed by atoms with Crippen molar-refractivity contribution in [2.75, 3.05) is 6.61 Å². The Morgan fingerprint density at radius 2 is 2.19 bits per heavy atom. The summed E-state index contributed by atoms with van der Waals surface area (Å²) < 4.78 is 5.01. The van der Waals surface area contributed by atoms with E-state index in [1.165, 1.54) is 0 Å². The molecular weight excluding hydrogens is 226 g/mol. The summed E-state index contributed by atoms with van der Waals surface area (Å²) in [4.78, 5) is 15.8. The van der Waals surface area contributed by atoms with Crippen LogP contribution in [-0.2, 0) is 4.74 Å². The first kappa shape index (κ1) is 13.0. The minimum atomic E-state index is -0.450. The number of hydrogen-bond donors (Lipinski definition) is 0. The number of carbonyl (C=O) groups excluding carboxylic acids is 1. The molecule has 1 rings (SSSR count). The van der Waals surface area contributed by atoms with Crippen LogP contribution in [0.1, 0.15) is 49.3 Å². The van der Waals surface area contributed by atoms with E-state index in [-0.39, 0.29) is 11.6 Å². The molecule has 0 saturated carbocycles. The van der Waals surface area contributed by atoms with Crippen molar-refractivity contribution in [2.45, 2.75) is 33.1 Å². The molecule has 0 N–H and O–H groups in total. The molecule has 16 heavy (non-hydrogen) atoms. The Balaban J connectivity index is 2.93. The zero-order chi connectivity index (χ0) is 12.1. The second kappa shape index (κ2) is 5.85. The van der Waals surface area contributed by atoms with Gasteiger partial charge in [0.1, 0.15) is 0 Å². The Hall–Kier alpha value is -1.09. The molecular formula is C12H16ClNO2. The topological polar surface area (TPSA) is 39.2 Å². The van der Waals surface area contributed by atoms with E-state index < -0.39 is 5.97 Å². The maximum atomic E-state index is 11.6. The fourth-order valence-corrected chi connectivity index (χ4v) is 1.37. The molecule has 0 saturated heterocycles. The highest BCUT2D eigenvalue weighted by molar-refractivity contribution is 6.33. The number of pyridine rings is 1. The van der Waals surface area contributed by atoms with Crippen LogP contribution in [0.3, 0.4) is 0 Å². The first-order chi connectivity index (χ1) is 7.56. The Bertz CT molecular complexity index is 377. The van der Waals surface area contributed by atoms with Gasteiger partial charge in [0.05, 0.1) is 11.6 Å². The zero-order valence-electron chi connectivity index (χ0n) is 9.79. The summed E-state index contributed by atoms with van der Waals surface area (Å²) >= 11 is 5.91. The van der Waals surface area contributed by atoms with Gasteiger partial charge in [-0.2, -0.15) is 0 Å². The summed E-state index contributed by atoms with van der Waals surface area (Å²) in [6, 6.07) is 3.51. The van der Waals surface area contributed by atoms with Crippen molar-refractivity contribution in [2.24, 2.45) is 0 Å². The molecule has 3 nitrogen and oxygen atoms in total. The zero-order valence-corrected chi connectivity index (χ0v) is 10.5. The fraction of sp³-hybridized carbons (Fsp3) is 0.500. The van der Waals surface area contributed by atoms with Crippen LogP contribution >= 0.6 is 11.6 Å². The lowest BCUT2D eigenvalue weighted by atomic mass is 10.1. The minimum Gasteiger partial charge on any atom is -0.461 e. The lowest BCUT2D eigenvalue weighted by Gasteiger charge is -2.08. The van der Waals surface area contributed by atoms with Gasteiger partial charge in [-0.25, -0.2) is 9.78 Å². The second-order valence-corrected chi connectivity index (χ2v) is 4.26. The molecule has 0 aliphatic carbocycles. The third kappa shape index (κ3) is 3.20. The van der Waals surface area contributed by atoms with Crippen molar-refractivity contribution in [1.82, 2.24) is 4.98 Å². The predicted octanol–water partition coefficient (Wildman–Crippen LogP) is 3.43. The number of nitrogens with zero attached hydrogens (tertiary/aromatic N) is 1. The van der Waals surface area contributed by atoms with E-state index in [0.717, 1.165) is 12.1 Å². The van der Waals surface area contributed by atoms with Gasteiger partial charge in [0.15, 0.2) is 5.69 Å². The van der Waals surface area contributed by atoms with Gasteiger partial charge < -0.3 is 4.74 Å². The fourth-order valence-electron chi connectivity index (χ4n) is 1.19. The maximum Gasteiger partial charge on any atom is 0.358 e. The summed E-state index contributed by atoms with van der Waals surface area (Å²) in [5.41, 5.74) is 1.05. The standard InChI is InChI=1S/C12H16ClNO2/c1-4-7-16-12(15)11-9(13)5-6-10(14-11)8(2)3/h5-6,8H,4,7H2,1-3H3. The predicted molar refractivity (Wildman–Crippen MR) is 63.9 cm³/mol. The van der Waals surface area contributed by atoms with Crippen LogP contribution in [0.4, 0.5) is 0 Å². The van der Waals surface area contributed by atoms with E-state index in [2.05, 4.69) is 4.98 Å². The van der Waals surface area contributed by atoms with Crippen LogP contribution in [-0.4, -0.2) is 17.6 Å². The van der Waals surface area contributed by atoms with Crippen molar-refractivity contribution in [1.29, 1.82) is 0 Å². The molecule has 0 aliphatic rings. The molecule has 0 atom stereocenters. The van der Waals surface area contributed by atoms with Crippen LogP contribution in [0, 0.1) is 0 Å². The van der Waals surface area contributed by atoms with Gasteiger partial charge in [0, 0.05) is 5.69 Å². The van der Waals surface area contributed by atoms with Crippen molar-refractivity contribution in [3.05, 3.63) is 28.5 Å². The van der Waals surface area contributed by atoms with Gasteiger partial charge in [-0.15, -0.1) is 0 Å². The van der Waals surface area contributed by atoms with Crippen molar-refractivity contribution < 1.29 is 9.53 Å². The molecule has 1 aromatic rings. The molecule has 0 fully saturated rings. The molecule has 1 aromatic heterocycles. The largest absolute Gasteiger partial charge is 0.461 e. The van der Waals surface area contributed by atoms with E-state index in [1.54, 1.807) is 6.07 Å². The van der Waals surface area contributed by atoms with Crippen LogP contribution in [0.15, 0.2) is 12.1 Å². The number of esters is 1. The Labute approximate surface area is 101 Å². The smallest absolute Gasteiger partial charge is 0.358 e. The SMILES string of the molecule is CCCOC(=O)c1nc(C(C)C)ccc1Cl. The molecule has 0 amide bonds. The summed E-state index contributed by atoms with van der Waals surface area (Å²) in [7, 11) is 0. The van der Waals surface area contributed by atoms with Crippen LogP contribution in [0.2, 0.25) is 5.02 Å².